The van der Waals surface area contributed by atoms with Gasteiger partial charge in [-0.2, -0.15) is 0 Å². The van der Waals surface area contributed by atoms with E-state index in [1.54, 1.807) is 5.20 Å². The fourth-order valence-corrected chi connectivity index (χ4v) is 7.69. The minimum Gasteiger partial charge on any atom is -0.373 e. The van der Waals surface area contributed by atoms with Gasteiger partial charge in [-0.15, -0.1) is 0 Å². The highest BCUT2D eigenvalue weighted by Gasteiger charge is 2.54. The average molecular weight is 317 g/mol. The van der Waals surface area contributed by atoms with Crippen LogP contribution in [0.3, 0.4) is 0 Å². The fraction of sp³-hybridized carbons (Fsp3) is 0.600. The number of rotatable bonds is 5. The predicted octanol–water partition coefficient (Wildman–Crippen LogP) is 5.76. The number of allylic oxidation sites excluding steroid dienone is 6. The van der Waals surface area contributed by atoms with Gasteiger partial charge in [0.2, 0.25) is 0 Å². The first-order valence-electron chi connectivity index (χ1n) is 8.64. The van der Waals surface area contributed by atoms with Crippen LogP contribution in [0.25, 0.3) is 0 Å². The number of hydrogen-bond acceptors (Lipinski definition) is 1. The van der Waals surface area contributed by atoms with Gasteiger partial charge in [0, 0.05) is 6.61 Å². The maximum atomic E-state index is 6.70. The van der Waals surface area contributed by atoms with Crippen LogP contribution < -0.4 is 0 Å². The van der Waals surface area contributed by atoms with E-state index in [1.807, 2.05) is 0 Å². The van der Waals surface area contributed by atoms with Gasteiger partial charge in [-0.25, -0.2) is 0 Å². The van der Waals surface area contributed by atoms with E-state index in [2.05, 4.69) is 77.2 Å². The fourth-order valence-electron chi connectivity index (χ4n) is 3.84. The molecule has 0 bridgehead atoms. The largest absolute Gasteiger partial charge is 0.373 e. The molecule has 0 fully saturated rings. The summed E-state index contributed by atoms with van der Waals surface area (Å²) in [5.41, 5.74) is 1.61. The van der Waals surface area contributed by atoms with Crippen LogP contribution in [0.1, 0.15) is 47.0 Å². The Labute approximate surface area is 137 Å². The molecule has 122 valence electrons. The van der Waals surface area contributed by atoms with Crippen LogP contribution in [0.4, 0.5) is 0 Å². The van der Waals surface area contributed by atoms with E-state index >= 15 is 0 Å². The third-order valence-corrected chi connectivity index (χ3v) is 9.55. The highest BCUT2D eigenvalue weighted by Crippen LogP contribution is 2.49. The summed E-state index contributed by atoms with van der Waals surface area (Å²) in [5.74, 6) is 0. The van der Waals surface area contributed by atoms with Crippen molar-refractivity contribution in [2.24, 2.45) is 5.41 Å². The lowest BCUT2D eigenvalue weighted by Crippen LogP contribution is -2.61. The van der Waals surface area contributed by atoms with E-state index in [0.717, 1.165) is 25.9 Å². The maximum Gasteiger partial charge on any atom is 0.122 e. The smallest absolute Gasteiger partial charge is 0.122 e. The Bertz CT molecular complexity index is 528. The monoisotopic (exact) mass is 316 g/mol. The quantitative estimate of drug-likeness (QED) is 0.586. The van der Waals surface area contributed by atoms with Crippen LogP contribution >= 0.6 is 0 Å². The van der Waals surface area contributed by atoms with Gasteiger partial charge in [-0.3, -0.25) is 0 Å². The Kier molecular flexibility index (Phi) is 5.03. The molecule has 1 unspecified atom stereocenters. The zero-order valence-corrected chi connectivity index (χ0v) is 16.2. The molecule has 0 amide bonds. The van der Waals surface area contributed by atoms with Crippen LogP contribution in [0, 0.1) is 5.41 Å². The van der Waals surface area contributed by atoms with Crippen molar-refractivity contribution >= 4 is 8.07 Å². The van der Waals surface area contributed by atoms with Gasteiger partial charge in [-0.1, -0.05) is 82.4 Å². The summed E-state index contributed by atoms with van der Waals surface area (Å²) >= 11 is 0. The molecular formula is C20H32OSi. The standard InChI is InChI=1S/C20H32OSi/c1-7-16-21-20(22(5,6)17-12-8-9-13-17)15-11-10-14-18(20)19(2,3)4/h8,10-14H,7,9,15-16H2,1-6H3. The second kappa shape index (κ2) is 6.33. The highest BCUT2D eigenvalue weighted by molar-refractivity contribution is 6.88. The van der Waals surface area contributed by atoms with Crippen molar-refractivity contribution in [1.29, 1.82) is 0 Å². The summed E-state index contributed by atoms with van der Waals surface area (Å²) in [5, 5.41) is 1.44. The Morgan fingerprint density at radius 1 is 1.23 bits per heavy atom. The van der Waals surface area contributed by atoms with Gasteiger partial charge in [0.1, 0.15) is 8.07 Å². The van der Waals surface area contributed by atoms with Gasteiger partial charge >= 0.3 is 0 Å². The summed E-state index contributed by atoms with van der Waals surface area (Å²) in [4.78, 5) is 0. The SMILES string of the molecule is CCCOC1([Si](C)(C)C2=CCC=C2)CC=CC=C1C(C)(C)C. The average Bonchev–Trinajstić information content (AvgIpc) is 2.99. The van der Waals surface area contributed by atoms with Gasteiger partial charge in [-0.05, 0) is 30.3 Å². The van der Waals surface area contributed by atoms with Crippen molar-refractivity contribution in [1.82, 2.24) is 0 Å². The molecule has 2 rings (SSSR count). The van der Waals surface area contributed by atoms with Crippen LogP contribution in [0.2, 0.25) is 13.1 Å². The first-order chi connectivity index (χ1) is 10.3. The summed E-state index contributed by atoms with van der Waals surface area (Å²) in [6.07, 6.45) is 17.1. The Morgan fingerprint density at radius 2 is 1.95 bits per heavy atom. The Hall–Kier alpha value is -0.863. The molecule has 0 radical (unpaired) electrons. The Balaban J connectivity index is 2.54. The molecule has 0 N–H and O–H groups in total. The molecule has 0 aromatic heterocycles. The van der Waals surface area contributed by atoms with E-state index in [9.17, 15) is 0 Å². The van der Waals surface area contributed by atoms with Crippen LogP contribution in [-0.2, 0) is 4.74 Å². The zero-order chi connectivity index (χ0) is 16.4. The highest BCUT2D eigenvalue weighted by atomic mass is 28.3. The molecule has 0 saturated heterocycles. The van der Waals surface area contributed by atoms with Crippen molar-refractivity contribution in [2.45, 2.75) is 65.3 Å². The van der Waals surface area contributed by atoms with Crippen molar-refractivity contribution in [3.05, 3.63) is 47.2 Å². The first-order valence-corrected chi connectivity index (χ1v) is 11.6. The molecule has 2 aliphatic rings. The molecule has 0 aromatic rings. The number of ether oxygens (including phenoxy) is 1. The second-order valence-corrected chi connectivity index (χ2v) is 12.7. The molecule has 2 heteroatoms. The minimum atomic E-state index is -1.80. The van der Waals surface area contributed by atoms with E-state index in [1.165, 1.54) is 5.57 Å². The minimum absolute atomic E-state index is 0.115. The van der Waals surface area contributed by atoms with Crippen LogP contribution in [0.15, 0.2) is 47.2 Å². The summed E-state index contributed by atoms with van der Waals surface area (Å²) < 4.78 is 6.70. The topological polar surface area (TPSA) is 9.23 Å². The molecule has 0 spiro atoms. The lowest BCUT2D eigenvalue weighted by molar-refractivity contribution is 0.0259. The molecule has 0 saturated carbocycles. The lowest BCUT2D eigenvalue weighted by Gasteiger charge is -2.51. The van der Waals surface area contributed by atoms with E-state index in [-0.39, 0.29) is 10.6 Å². The Morgan fingerprint density at radius 3 is 2.50 bits per heavy atom. The van der Waals surface area contributed by atoms with Crippen molar-refractivity contribution < 1.29 is 4.74 Å². The normalized spacial score (nSPS) is 25.4. The summed E-state index contributed by atoms with van der Waals surface area (Å²) in [6, 6.07) is 0. The van der Waals surface area contributed by atoms with E-state index in [0.29, 0.717) is 0 Å². The number of hydrogen-bond donors (Lipinski definition) is 0. The lowest BCUT2D eigenvalue weighted by atomic mass is 9.79. The first kappa shape index (κ1) is 17.5. The molecule has 2 aliphatic carbocycles. The van der Waals surface area contributed by atoms with Crippen LogP contribution in [0.5, 0.6) is 0 Å². The van der Waals surface area contributed by atoms with Crippen molar-refractivity contribution in [3.63, 3.8) is 0 Å². The summed E-state index contributed by atoms with van der Waals surface area (Å²) in [6.45, 7) is 15.0. The molecule has 1 nitrogen and oxygen atoms in total. The predicted molar refractivity (Wildman–Crippen MR) is 99.6 cm³/mol. The summed E-state index contributed by atoms with van der Waals surface area (Å²) in [7, 11) is -1.80. The van der Waals surface area contributed by atoms with Gasteiger partial charge < -0.3 is 4.74 Å². The van der Waals surface area contributed by atoms with Crippen molar-refractivity contribution in [3.8, 4) is 0 Å². The van der Waals surface area contributed by atoms with Crippen molar-refractivity contribution in [2.75, 3.05) is 6.61 Å². The molecule has 0 aliphatic heterocycles. The van der Waals surface area contributed by atoms with Gasteiger partial charge in [0.05, 0.1) is 5.22 Å². The third kappa shape index (κ3) is 2.96. The molecular weight excluding hydrogens is 284 g/mol. The van der Waals surface area contributed by atoms with Gasteiger partial charge in [0.15, 0.2) is 0 Å². The molecule has 0 aromatic carbocycles. The molecule has 1 atom stereocenters. The molecule has 0 heterocycles. The van der Waals surface area contributed by atoms with E-state index < -0.39 is 8.07 Å². The zero-order valence-electron chi connectivity index (χ0n) is 15.2. The maximum absolute atomic E-state index is 6.70. The third-order valence-electron chi connectivity index (χ3n) is 5.10. The molecule has 22 heavy (non-hydrogen) atoms. The second-order valence-electron chi connectivity index (χ2n) is 8.06. The van der Waals surface area contributed by atoms with Gasteiger partial charge in [0.25, 0.3) is 0 Å². The van der Waals surface area contributed by atoms with Crippen LogP contribution in [-0.4, -0.2) is 19.9 Å². The van der Waals surface area contributed by atoms with E-state index in [4.69, 9.17) is 4.74 Å².